The van der Waals surface area contributed by atoms with Crippen LogP contribution < -0.4 is 0 Å². The van der Waals surface area contributed by atoms with Crippen molar-refractivity contribution in [2.75, 3.05) is 6.54 Å². The molecular formula is C16H17FN2O2S. The molecule has 0 atom stereocenters. The average molecular weight is 320 g/mol. The highest BCUT2D eigenvalue weighted by molar-refractivity contribution is 7.89. The van der Waals surface area contributed by atoms with Gasteiger partial charge in [-0.2, -0.15) is 4.31 Å². The smallest absolute Gasteiger partial charge is 0.245 e. The Morgan fingerprint density at radius 1 is 1.18 bits per heavy atom. The third kappa shape index (κ3) is 2.64. The lowest BCUT2D eigenvalue weighted by atomic mass is 9.94. The van der Waals surface area contributed by atoms with E-state index in [1.807, 2.05) is 19.9 Å². The van der Waals surface area contributed by atoms with E-state index in [4.69, 9.17) is 0 Å². The first-order valence-corrected chi connectivity index (χ1v) is 8.51. The van der Waals surface area contributed by atoms with Crippen LogP contribution in [0.5, 0.6) is 0 Å². The van der Waals surface area contributed by atoms with E-state index < -0.39 is 15.8 Å². The zero-order valence-electron chi connectivity index (χ0n) is 12.5. The maximum absolute atomic E-state index is 13.3. The molecule has 6 heteroatoms. The fourth-order valence-corrected chi connectivity index (χ4v) is 4.37. The van der Waals surface area contributed by atoms with Crippen LogP contribution in [0.4, 0.5) is 4.39 Å². The summed E-state index contributed by atoms with van der Waals surface area (Å²) in [5.74, 6) is -0.648. The number of aromatic nitrogens is 1. The Labute approximate surface area is 129 Å². The number of hydrogen-bond acceptors (Lipinski definition) is 3. The highest BCUT2D eigenvalue weighted by atomic mass is 32.2. The van der Waals surface area contributed by atoms with E-state index in [1.54, 1.807) is 0 Å². The lowest BCUT2D eigenvalue weighted by Crippen LogP contribution is -2.36. The Morgan fingerprint density at radius 3 is 2.68 bits per heavy atom. The average Bonchev–Trinajstić information content (AvgIpc) is 2.46. The molecule has 0 fully saturated rings. The summed E-state index contributed by atoms with van der Waals surface area (Å²) in [6, 6.07) is 5.15. The Kier molecular flexibility index (Phi) is 3.74. The van der Waals surface area contributed by atoms with E-state index in [0.717, 1.165) is 23.4 Å². The number of fused-ring (bicyclic) bond motifs is 1. The van der Waals surface area contributed by atoms with Crippen molar-refractivity contribution in [3.05, 3.63) is 58.7 Å². The Hall–Kier alpha value is -1.79. The van der Waals surface area contributed by atoms with Crippen molar-refractivity contribution < 1.29 is 12.8 Å². The van der Waals surface area contributed by atoms with Gasteiger partial charge in [-0.05, 0) is 43.0 Å². The van der Waals surface area contributed by atoms with Gasteiger partial charge in [-0.25, -0.2) is 12.8 Å². The predicted octanol–water partition coefficient (Wildman–Crippen LogP) is 2.58. The van der Waals surface area contributed by atoms with Crippen LogP contribution in [0.3, 0.4) is 0 Å². The Morgan fingerprint density at radius 2 is 1.95 bits per heavy atom. The molecule has 22 heavy (non-hydrogen) atoms. The summed E-state index contributed by atoms with van der Waals surface area (Å²) in [5.41, 5.74) is 4.55. The lowest BCUT2D eigenvalue weighted by Gasteiger charge is -2.29. The summed E-state index contributed by atoms with van der Waals surface area (Å²) in [6.45, 7) is 4.76. The number of nitrogens with zero attached hydrogens (tertiary/aromatic N) is 2. The second kappa shape index (κ2) is 5.44. The molecule has 0 saturated heterocycles. The third-order valence-corrected chi connectivity index (χ3v) is 5.80. The second-order valence-corrected chi connectivity index (χ2v) is 7.58. The number of aryl methyl sites for hydroxylation is 2. The molecule has 1 aromatic carbocycles. The van der Waals surface area contributed by atoms with Gasteiger partial charge in [0.25, 0.3) is 0 Å². The molecular weight excluding hydrogens is 303 g/mol. The van der Waals surface area contributed by atoms with Crippen molar-refractivity contribution in [1.29, 1.82) is 0 Å². The van der Waals surface area contributed by atoms with E-state index >= 15 is 0 Å². The van der Waals surface area contributed by atoms with Gasteiger partial charge in [0.15, 0.2) is 0 Å². The van der Waals surface area contributed by atoms with Crippen molar-refractivity contribution in [2.24, 2.45) is 0 Å². The Bertz CT molecular complexity index is 834. The molecule has 3 rings (SSSR count). The molecule has 1 aromatic heterocycles. The topological polar surface area (TPSA) is 50.3 Å². The largest absolute Gasteiger partial charge is 0.260 e. The second-order valence-electron chi connectivity index (χ2n) is 5.65. The molecule has 0 saturated carbocycles. The monoisotopic (exact) mass is 320 g/mol. The fraction of sp³-hybridized carbons (Fsp3) is 0.312. The van der Waals surface area contributed by atoms with Crippen LogP contribution >= 0.6 is 0 Å². The van der Waals surface area contributed by atoms with Crippen molar-refractivity contribution in [3.63, 3.8) is 0 Å². The minimum absolute atomic E-state index is 0.0969. The highest BCUT2D eigenvalue weighted by Crippen LogP contribution is 2.27. The first kappa shape index (κ1) is 15.1. The van der Waals surface area contributed by atoms with Crippen molar-refractivity contribution in [2.45, 2.75) is 31.7 Å². The van der Waals surface area contributed by atoms with Crippen LogP contribution in [0.15, 0.2) is 35.5 Å². The Balaban J connectivity index is 1.97. The molecule has 2 aromatic rings. The van der Waals surface area contributed by atoms with Crippen molar-refractivity contribution >= 4 is 10.0 Å². The number of rotatable bonds is 2. The van der Waals surface area contributed by atoms with Crippen LogP contribution in [-0.2, 0) is 23.0 Å². The highest BCUT2D eigenvalue weighted by Gasteiger charge is 2.29. The lowest BCUT2D eigenvalue weighted by molar-refractivity contribution is 0.390. The first-order valence-electron chi connectivity index (χ1n) is 7.07. The molecule has 0 spiro atoms. The van der Waals surface area contributed by atoms with Gasteiger partial charge in [-0.1, -0.05) is 17.7 Å². The minimum atomic E-state index is -3.72. The summed E-state index contributed by atoms with van der Waals surface area (Å²) < 4.78 is 39.9. The fourth-order valence-electron chi connectivity index (χ4n) is 2.98. The predicted molar refractivity (Wildman–Crippen MR) is 81.4 cm³/mol. The van der Waals surface area contributed by atoms with Gasteiger partial charge in [-0.15, -0.1) is 0 Å². The van der Waals surface area contributed by atoms with E-state index in [-0.39, 0.29) is 4.90 Å². The number of sulfonamides is 1. The number of halogens is 1. The van der Waals surface area contributed by atoms with Gasteiger partial charge in [0.1, 0.15) is 10.7 Å². The van der Waals surface area contributed by atoms with Crippen molar-refractivity contribution in [3.8, 4) is 0 Å². The quantitative estimate of drug-likeness (QED) is 0.854. The third-order valence-electron chi connectivity index (χ3n) is 3.99. The van der Waals surface area contributed by atoms with Crippen LogP contribution in [0.1, 0.15) is 22.3 Å². The molecule has 0 aliphatic carbocycles. The molecule has 0 amide bonds. The molecule has 0 radical (unpaired) electrons. The van der Waals surface area contributed by atoms with Gasteiger partial charge < -0.3 is 0 Å². The minimum Gasteiger partial charge on any atom is -0.260 e. The summed E-state index contributed by atoms with van der Waals surface area (Å²) in [7, 11) is -3.72. The van der Waals surface area contributed by atoms with Gasteiger partial charge in [-0.3, -0.25) is 4.98 Å². The van der Waals surface area contributed by atoms with Gasteiger partial charge >= 0.3 is 0 Å². The van der Waals surface area contributed by atoms with E-state index in [0.29, 0.717) is 19.5 Å². The van der Waals surface area contributed by atoms with Crippen LogP contribution in [0, 0.1) is 19.7 Å². The number of hydrogen-bond donors (Lipinski definition) is 0. The van der Waals surface area contributed by atoms with E-state index in [9.17, 15) is 12.8 Å². The maximum atomic E-state index is 13.3. The molecule has 4 nitrogen and oxygen atoms in total. The molecule has 1 aliphatic rings. The normalized spacial score (nSPS) is 15.6. The summed E-state index contributed by atoms with van der Waals surface area (Å²) in [4.78, 5) is 3.54. The molecule has 116 valence electrons. The maximum Gasteiger partial charge on any atom is 0.245 e. The molecule has 1 aliphatic heterocycles. The van der Waals surface area contributed by atoms with Gasteiger partial charge in [0.2, 0.25) is 10.0 Å². The standard InChI is InChI=1S/C16H17FN2O2S/c1-11-5-12(2)16-3-4-19(10-13(16)6-11)22(20,21)15-7-14(17)8-18-9-15/h5-9H,3-4,10H2,1-2H3. The van der Waals surface area contributed by atoms with Crippen LogP contribution in [0.2, 0.25) is 0 Å². The SMILES string of the molecule is Cc1cc(C)c2c(c1)CN(S(=O)(=O)c1cncc(F)c1)CC2. The zero-order valence-corrected chi connectivity index (χ0v) is 13.3. The van der Waals surface area contributed by atoms with Gasteiger partial charge in [0.05, 0.1) is 6.20 Å². The first-order chi connectivity index (χ1) is 10.4. The number of pyridine rings is 1. The number of benzene rings is 1. The van der Waals surface area contributed by atoms with Crippen LogP contribution in [0.25, 0.3) is 0 Å². The summed E-state index contributed by atoms with van der Waals surface area (Å²) >= 11 is 0. The van der Waals surface area contributed by atoms with Gasteiger partial charge in [0, 0.05) is 19.3 Å². The zero-order chi connectivity index (χ0) is 15.9. The molecule has 0 N–H and O–H groups in total. The molecule has 0 bridgehead atoms. The molecule has 2 heterocycles. The summed E-state index contributed by atoms with van der Waals surface area (Å²) in [5, 5.41) is 0. The van der Waals surface area contributed by atoms with Crippen LogP contribution in [-0.4, -0.2) is 24.3 Å². The summed E-state index contributed by atoms with van der Waals surface area (Å²) in [6.07, 6.45) is 2.86. The van der Waals surface area contributed by atoms with Crippen molar-refractivity contribution in [1.82, 2.24) is 9.29 Å². The van der Waals surface area contributed by atoms with E-state index in [1.165, 1.54) is 21.6 Å². The molecule has 0 unspecified atom stereocenters. The van der Waals surface area contributed by atoms with E-state index in [2.05, 4.69) is 11.1 Å².